The van der Waals surface area contributed by atoms with Gasteiger partial charge in [-0.25, -0.2) is 20.4 Å². The first kappa shape index (κ1) is 16.2. The molecule has 1 aliphatic rings. The summed E-state index contributed by atoms with van der Waals surface area (Å²) in [6, 6.07) is -1.53. The van der Waals surface area contributed by atoms with Crippen LogP contribution in [-0.2, 0) is 0 Å². The van der Waals surface area contributed by atoms with Gasteiger partial charge in [0.2, 0.25) is 0 Å². The van der Waals surface area contributed by atoms with E-state index in [1.807, 2.05) is 0 Å². The second-order valence-corrected chi connectivity index (χ2v) is 5.26. The van der Waals surface area contributed by atoms with Crippen LogP contribution in [0.25, 0.3) is 0 Å². The summed E-state index contributed by atoms with van der Waals surface area (Å²) in [4.78, 5) is 21.6. The van der Waals surface area contributed by atoms with Crippen LogP contribution in [0, 0.1) is 11.8 Å². The Morgan fingerprint density at radius 1 is 1.35 bits per heavy atom. The summed E-state index contributed by atoms with van der Waals surface area (Å²) in [6.45, 7) is 4.21. The second-order valence-electron chi connectivity index (χ2n) is 5.26. The number of rotatable bonds is 5. The van der Waals surface area contributed by atoms with Crippen LogP contribution in [0.1, 0.15) is 39.5 Å². The van der Waals surface area contributed by atoms with Gasteiger partial charge in [0.1, 0.15) is 0 Å². The van der Waals surface area contributed by atoms with Crippen molar-refractivity contribution in [3.05, 3.63) is 0 Å². The van der Waals surface area contributed by atoms with Crippen LogP contribution in [0.15, 0.2) is 5.10 Å². The quantitative estimate of drug-likeness (QED) is 0.467. The molecule has 0 aromatic heterocycles. The van der Waals surface area contributed by atoms with Crippen molar-refractivity contribution in [2.24, 2.45) is 28.4 Å². The predicted molar refractivity (Wildman–Crippen MR) is 76.6 cm³/mol. The van der Waals surface area contributed by atoms with Crippen molar-refractivity contribution >= 4 is 17.8 Å². The summed E-state index contributed by atoms with van der Waals surface area (Å²) in [7, 11) is 0. The van der Waals surface area contributed by atoms with E-state index in [2.05, 4.69) is 35.2 Å². The summed E-state index contributed by atoms with van der Waals surface area (Å²) >= 11 is 0. The Hall–Kier alpha value is -1.83. The highest BCUT2D eigenvalue weighted by molar-refractivity contribution is 5.92. The fraction of sp³-hybridized carbons (Fsp3) is 0.750. The van der Waals surface area contributed by atoms with Gasteiger partial charge in [0.25, 0.3) is 0 Å². The summed E-state index contributed by atoms with van der Waals surface area (Å²) in [5.41, 5.74) is 18.4. The minimum absolute atomic E-state index is 0.164. The van der Waals surface area contributed by atoms with E-state index in [1.165, 1.54) is 0 Å². The first-order valence-electron chi connectivity index (χ1n) is 6.86. The maximum Gasteiger partial charge on any atom is 0.332 e. The molecule has 20 heavy (non-hydrogen) atoms. The fourth-order valence-electron chi connectivity index (χ4n) is 2.74. The van der Waals surface area contributed by atoms with Crippen molar-refractivity contribution in [1.82, 2.24) is 16.3 Å². The lowest BCUT2D eigenvalue weighted by Crippen LogP contribution is -2.55. The van der Waals surface area contributed by atoms with Crippen molar-refractivity contribution in [2.75, 3.05) is 0 Å². The number of nitrogens with one attached hydrogen (secondary N) is 3. The lowest BCUT2D eigenvalue weighted by Gasteiger charge is -2.35. The zero-order valence-electron chi connectivity index (χ0n) is 12.0. The molecule has 0 aromatic carbocycles. The number of amides is 4. The summed E-state index contributed by atoms with van der Waals surface area (Å²) in [6.07, 6.45) is 4.00. The molecule has 0 heterocycles. The van der Waals surface area contributed by atoms with E-state index in [4.69, 9.17) is 11.5 Å². The smallest absolute Gasteiger partial charge is 0.332 e. The highest BCUT2D eigenvalue weighted by atomic mass is 16.2. The molecule has 0 aromatic rings. The average molecular weight is 284 g/mol. The highest BCUT2D eigenvalue weighted by Crippen LogP contribution is 2.30. The molecule has 4 amide bonds. The van der Waals surface area contributed by atoms with Crippen molar-refractivity contribution in [3.8, 4) is 0 Å². The molecule has 0 aliphatic heterocycles. The molecule has 0 spiro atoms. The van der Waals surface area contributed by atoms with Crippen LogP contribution in [0.5, 0.6) is 0 Å². The van der Waals surface area contributed by atoms with Gasteiger partial charge in [-0.15, -0.1) is 0 Å². The minimum Gasteiger partial charge on any atom is -0.351 e. The Labute approximate surface area is 118 Å². The molecule has 1 rings (SSSR count). The molecule has 1 saturated carbocycles. The molecule has 0 bridgehead atoms. The van der Waals surface area contributed by atoms with Crippen LogP contribution in [0.2, 0.25) is 0 Å². The maximum absolute atomic E-state index is 10.8. The minimum atomic E-state index is -0.704. The zero-order valence-corrected chi connectivity index (χ0v) is 12.0. The van der Waals surface area contributed by atoms with Crippen molar-refractivity contribution in [3.63, 3.8) is 0 Å². The van der Waals surface area contributed by atoms with Gasteiger partial charge < -0.3 is 11.5 Å². The van der Waals surface area contributed by atoms with Crippen molar-refractivity contribution in [2.45, 2.75) is 45.6 Å². The van der Waals surface area contributed by atoms with Gasteiger partial charge in [-0.05, 0) is 24.7 Å². The monoisotopic (exact) mass is 284 g/mol. The topological polar surface area (TPSA) is 135 Å². The standard InChI is InChI=1S/C12H24N6O2/c1-3-4-8-5-7(2)10(16-18-12(14)20)9(6-8)15-17-11(13)19/h7-8,10,16H,3-6H2,1-2H3,(H3,13,17,19)(H3,14,18,20)/b15-9-. The second kappa shape index (κ2) is 7.68. The number of urea groups is 2. The summed E-state index contributed by atoms with van der Waals surface area (Å²) in [5, 5.41) is 4.06. The van der Waals surface area contributed by atoms with E-state index in [9.17, 15) is 9.59 Å². The number of carbonyl (C=O) groups excluding carboxylic acids is 2. The molecule has 7 N–H and O–H groups in total. The third-order valence-electron chi connectivity index (χ3n) is 3.49. The van der Waals surface area contributed by atoms with Gasteiger partial charge in [-0.3, -0.25) is 5.43 Å². The fourth-order valence-corrected chi connectivity index (χ4v) is 2.74. The number of hydrogen-bond acceptors (Lipinski definition) is 4. The van der Waals surface area contributed by atoms with Gasteiger partial charge in [-0.2, -0.15) is 5.10 Å². The Bertz CT molecular complexity index is 384. The molecule has 8 nitrogen and oxygen atoms in total. The number of nitrogens with zero attached hydrogens (tertiary/aromatic N) is 1. The van der Waals surface area contributed by atoms with E-state index in [1.54, 1.807) is 0 Å². The van der Waals surface area contributed by atoms with Crippen molar-refractivity contribution < 1.29 is 9.59 Å². The Morgan fingerprint density at radius 2 is 2.05 bits per heavy atom. The largest absolute Gasteiger partial charge is 0.351 e. The molecule has 3 atom stereocenters. The summed E-state index contributed by atoms with van der Waals surface area (Å²) < 4.78 is 0. The van der Waals surface area contributed by atoms with Gasteiger partial charge in [0.05, 0.1) is 11.8 Å². The SMILES string of the molecule is CCCC1C/C(=N/NC(N)=O)C(NNC(N)=O)C(C)C1. The van der Waals surface area contributed by atoms with Crippen molar-refractivity contribution in [1.29, 1.82) is 0 Å². The molecule has 8 heteroatoms. The molecule has 0 radical (unpaired) electrons. The average Bonchev–Trinajstić information content (AvgIpc) is 2.35. The van der Waals surface area contributed by atoms with Crippen LogP contribution in [-0.4, -0.2) is 23.8 Å². The lowest BCUT2D eigenvalue weighted by molar-refractivity contribution is 0.235. The van der Waals surface area contributed by atoms with Crippen LogP contribution >= 0.6 is 0 Å². The van der Waals surface area contributed by atoms with Gasteiger partial charge in [0, 0.05) is 0 Å². The number of hydrazone groups is 1. The van der Waals surface area contributed by atoms with E-state index >= 15 is 0 Å². The Morgan fingerprint density at radius 3 is 2.60 bits per heavy atom. The third kappa shape index (κ3) is 5.04. The molecule has 114 valence electrons. The highest BCUT2D eigenvalue weighted by Gasteiger charge is 2.32. The molecule has 0 saturated heterocycles. The molecular formula is C12H24N6O2. The normalized spacial score (nSPS) is 28.1. The van der Waals surface area contributed by atoms with E-state index in [-0.39, 0.29) is 12.0 Å². The number of hydrazine groups is 1. The van der Waals surface area contributed by atoms with E-state index < -0.39 is 12.1 Å². The summed E-state index contributed by atoms with van der Waals surface area (Å²) in [5.74, 6) is 0.788. The van der Waals surface area contributed by atoms with Crippen LogP contribution in [0.3, 0.4) is 0 Å². The van der Waals surface area contributed by atoms with E-state index in [0.717, 1.165) is 31.4 Å². The molecule has 3 unspecified atom stereocenters. The van der Waals surface area contributed by atoms with Crippen LogP contribution < -0.4 is 27.7 Å². The number of primary amides is 2. The zero-order chi connectivity index (χ0) is 15.1. The van der Waals surface area contributed by atoms with E-state index in [0.29, 0.717) is 5.92 Å². The Balaban J connectivity index is 2.78. The number of hydrogen-bond donors (Lipinski definition) is 5. The van der Waals surface area contributed by atoms with Gasteiger partial charge >= 0.3 is 12.1 Å². The third-order valence-corrected chi connectivity index (χ3v) is 3.49. The van der Waals surface area contributed by atoms with Gasteiger partial charge in [0.15, 0.2) is 0 Å². The molecule has 1 aliphatic carbocycles. The number of nitrogens with two attached hydrogens (primary N) is 2. The first-order valence-corrected chi connectivity index (χ1v) is 6.86. The molecular weight excluding hydrogens is 260 g/mol. The maximum atomic E-state index is 10.8. The lowest BCUT2D eigenvalue weighted by atomic mass is 9.76. The molecule has 1 fully saturated rings. The Kier molecular flexibility index (Phi) is 6.23. The predicted octanol–water partition coefficient (Wildman–Crippen LogP) is 0.398. The number of carbonyl (C=O) groups is 2. The van der Waals surface area contributed by atoms with Crippen LogP contribution in [0.4, 0.5) is 9.59 Å². The first-order chi connectivity index (χ1) is 9.43. The van der Waals surface area contributed by atoms with Gasteiger partial charge in [-0.1, -0.05) is 26.7 Å².